The lowest BCUT2D eigenvalue weighted by molar-refractivity contribution is 0.150. The molecule has 0 radical (unpaired) electrons. The van der Waals surface area contributed by atoms with Crippen molar-refractivity contribution in [2.24, 2.45) is 5.18 Å². The zero-order chi connectivity index (χ0) is 27.7. The molecule has 0 aliphatic rings. The highest BCUT2D eigenvalue weighted by Crippen LogP contribution is 2.40. The van der Waals surface area contributed by atoms with E-state index in [2.05, 4.69) is 25.8 Å². The number of aromatic nitrogens is 2. The predicted octanol–water partition coefficient (Wildman–Crippen LogP) is 5.23. The zero-order valence-corrected chi connectivity index (χ0v) is 23.7. The molecule has 1 aromatic heterocycles. The van der Waals surface area contributed by atoms with E-state index in [1.54, 1.807) is 38.6 Å². The lowest BCUT2D eigenvalue weighted by atomic mass is 10.2. The molecule has 0 spiro atoms. The maximum atomic E-state index is 12.7. The van der Waals surface area contributed by atoms with Gasteiger partial charge >= 0.3 is 0 Å². The van der Waals surface area contributed by atoms with E-state index in [1.165, 1.54) is 19.4 Å². The topological polar surface area (TPSA) is 127 Å². The summed E-state index contributed by atoms with van der Waals surface area (Å²) in [6.07, 6.45) is 1.43. The van der Waals surface area contributed by atoms with Crippen molar-refractivity contribution in [2.45, 2.75) is 0 Å². The summed E-state index contributed by atoms with van der Waals surface area (Å²) < 4.78 is 29.1. The first-order valence-corrected chi connectivity index (χ1v) is 14.7. The molecule has 38 heavy (non-hydrogen) atoms. The maximum Gasteiger partial charge on any atom is 0.229 e. The van der Waals surface area contributed by atoms with Gasteiger partial charge in [-0.1, -0.05) is 23.7 Å². The summed E-state index contributed by atoms with van der Waals surface area (Å²) in [6, 6.07) is 10.3. The number of ether oxygens (including phenoxy) is 3. The third-order valence-electron chi connectivity index (χ3n) is 5.51. The summed E-state index contributed by atoms with van der Waals surface area (Å²) in [7, 11) is 2.54. The minimum Gasteiger partial charge on any atom is -0.494 e. The molecule has 3 rings (SSSR count). The molecule has 11 nitrogen and oxygen atoms in total. The molecule has 0 aliphatic carbocycles. The van der Waals surface area contributed by atoms with E-state index in [9.17, 15) is 9.47 Å². The van der Waals surface area contributed by atoms with Gasteiger partial charge in [0.05, 0.1) is 31.3 Å². The van der Waals surface area contributed by atoms with Gasteiger partial charge in [0.25, 0.3) is 0 Å². The van der Waals surface area contributed by atoms with Crippen molar-refractivity contribution in [1.29, 1.82) is 0 Å². The van der Waals surface area contributed by atoms with E-state index in [0.29, 0.717) is 53.8 Å². The van der Waals surface area contributed by atoms with E-state index < -0.39 is 7.14 Å². The second kappa shape index (κ2) is 13.5. The Bertz CT molecular complexity index is 1310. The average molecular weight is 563 g/mol. The molecule has 1 heterocycles. The van der Waals surface area contributed by atoms with Crippen LogP contribution in [0.2, 0.25) is 5.02 Å². The average Bonchev–Trinajstić information content (AvgIpc) is 2.89. The SMILES string of the molecule is COCCN(C)CCOc1cc(OC)c(Nc2ncc(Cl)c(Nc3ccccc3P(C)(C)=O)n2)cc1N=O. The largest absolute Gasteiger partial charge is 0.494 e. The fourth-order valence-corrected chi connectivity index (χ4v) is 4.78. The van der Waals surface area contributed by atoms with Gasteiger partial charge in [-0.05, 0) is 43.8 Å². The lowest BCUT2D eigenvalue weighted by Crippen LogP contribution is -2.27. The molecular formula is C25H32ClN6O5P. The van der Waals surface area contributed by atoms with Crippen molar-refractivity contribution in [3.63, 3.8) is 0 Å². The van der Waals surface area contributed by atoms with Crippen LogP contribution in [-0.2, 0) is 9.30 Å². The normalized spacial score (nSPS) is 11.3. The number of anilines is 4. The molecule has 0 atom stereocenters. The number of benzene rings is 2. The molecule has 13 heteroatoms. The molecule has 0 aliphatic heterocycles. The molecule has 3 aromatic rings. The fraction of sp³-hybridized carbons (Fsp3) is 0.360. The summed E-state index contributed by atoms with van der Waals surface area (Å²) >= 11 is 6.35. The Morgan fingerprint density at radius 1 is 1.05 bits per heavy atom. The fourth-order valence-electron chi connectivity index (χ4n) is 3.49. The van der Waals surface area contributed by atoms with Crippen LogP contribution >= 0.6 is 18.7 Å². The van der Waals surface area contributed by atoms with Gasteiger partial charge in [0.1, 0.15) is 24.5 Å². The van der Waals surface area contributed by atoms with Gasteiger partial charge < -0.3 is 34.3 Å². The Balaban J connectivity index is 1.82. The number of hydrogen-bond donors (Lipinski definition) is 2. The van der Waals surface area contributed by atoms with Crippen LogP contribution in [0.25, 0.3) is 0 Å². The summed E-state index contributed by atoms with van der Waals surface area (Å²) in [5.74, 6) is 1.20. The van der Waals surface area contributed by atoms with Crippen LogP contribution in [0.3, 0.4) is 0 Å². The third-order valence-corrected chi connectivity index (χ3v) is 7.34. The van der Waals surface area contributed by atoms with Crippen LogP contribution in [0.5, 0.6) is 11.5 Å². The van der Waals surface area contributed by atoms with Crippen molar-refractivity contribution < 1.29 is 18.8 Å². The van der Waals surface area contributed by atoms with E-state index >= 15 is 0 Å². The first-order chi connectivity index (χ1) is 18.2. The molecular weight excluding hydrogens is 531 g/mol. The van der Waals surface area contributed by atoms with E-state index in [1.807, 2.05) is 24.1 Å². The van der Waals surface area contributed by atoms with Gasteiger partial charge in [-0.15, -0.1) is 4.91 Å². The van der Waals surface area contributed by atoms with Crippen LogP contribution in [0.15, 0.2) is 47.8 Å². The molecule has 204 valence electrons. The quantitative estimate of drug-likeness (QED) is 0.199. The van der Waals surface area contributed by atoms with Crippen molar-refractivity contribution in [3.05, 3.63) is 52.5 Å². The van der Waals surface area contributed by atoms with Gasteiger partial charge in [0.15, 0.2) is 17.3 Å². The van der Waals surface area contributed by atoms with Crippen LogP contribution in [0.4, 0.5) is 28.8 Å². The van der Waals surface area contributed by atoms with Crippen LogP contribution in [0, 0.1) is 4.91 Å². The summed E-state index contributed by atoms with van der Waals surface area (Å²) in [5.41, 5.74) is 1.13. The Kier molecular flexibility index (Phi) is 10.4. The molecule has 2 N–H and O–H groups in total. The molecule has 0 fully saturated rings. The second-order valence-corrected chi connectivity index (χ2v) is 12.4. The maximum absolute atomic E-state index is 12.7. The Labute approximate surface area is 227 Å². The van der Waals surface area contributed by atoms with Crippen LogP contribution < -0.4 is 25.4 Å². The Hall–Kier alpha value is -3.24. The minimum absolute atomic E-state index is 0.0933. The lowest BCUT2D eigenvalue weighted by Gasteiger charge is -2.18. The second-order valence-electron chi connectivity index (χ2n) is 8.76. The van der Waals surface area contributed by atoms with Gasteiger partial charge in [0, 0.05) is 31.6 Å². The first kappa shape index (κ1) is 29.3. The minimum atomic E-state index is -2.56. The van der Waals surface area contributed by atoms with Crippen molar-refractivity contribution in [2.75, 3.05) is 71.5 Å². The van der Waals surface area contributed by atoms with Gasteiger partial charge in [0.2, 0.25) is 5.95 Å². The molecule has 0 saturated heterocycles. The highest BCUT2D eigenvalue weighted by molar-refractivity contribution is 7.70. The van der Waals surface area contributed by atoms with Crippen LogP contribution in [0.1, 0.15) is 0 Å². The van der Waals surface area contributed by atoms with E-state index in [4.69, 9.17) is 25.8 Å². The summed E-state index contributed by atoms with van der Waals surface area (Å²) in [6.45, 7) is 5.73. The number of nitroso groups, excluding NO2 is 1. The number of rotatable bonds is 14. The Morgan fingerprint density at radius 3 is 2.47 bits per heavy atom. The monoisotopic (exact) mass is 562 g/mol. The van der Waals surface area contributed by atoms with Gasteiger partial charge in [-0.2, -0.15) is 4.98 Å². The van der Waals surface area contributed by atoms with Crippen LogP contribution in [-0.4, -0.2) is 75.8 Å². The standard InChI is InChI=1S/C25H32ClN6O5P/c1-32(10-12-35-2)11-13-37-22-15-21(36-3)19(14-20(22)31-33)29-25-27-16-17(26)24(30-25)28-18-8-6-7-9-23(18)38(4,5)34/h6-9,14-16H,10-13H2,1-5H3,(H2,27,28,29,30). The first-order valence-electron chi connectivity index (χ1n) is 11.7. The number of methoxy groups -OCH3 is 2. The summed E-state index contributed by atoms with van der Waals surface area (Å²) in [4.78, 5) is 22.3. The summed E-state index contributed by atoms with van der Waals surface area (Å²) in [5, 5.41) is 10.3. The highest BCUT2D eigenvalue weighted by Gasteiger charge is 2.18. The molecule has 0 saturated carbocycles. The number of para-hydroxylation sites is 1. The molecule has 0 amide bonds. The third kappa shape index (κ3) is 7.88. The number of nitrogens with zero attached hydrogens (tertiary/aromatic N) is 4. The van der Waals surface area contributed by atoms with Crippen molar-refractivity contribution in [3.8, 4) is 11.5 Å². The number of nitrogens with one attached hydrogen (secondary N) is 2. The van der Waals surface area contributed by atoms with Crippen molar-refractivity contribution >= 4 is 52.9 Å². The number of halogens is 1. The van der Waals surface area contributed by atoms with Gasteiger partial charge in [-0.25, -0.2) is 4.98 Å². The van der Waals surface area contributed by atoms with Gasteiger partial charge in [-0.3, -0.25) is 0 Å². The molecule has 2 aromatic carbocycles. The predicted molar refractivity (Wildman–Crippen MR) is 152 cm³/mol. The Morgan fingerprint density at radius 2 is 1.79 bits per heavy atom. The zero-order valence-electron chi connectivity index (χ0n) is 22.0. The smallest absolute Gasteiger partial charge is 0.229 e. The van der Waals surface area contributed by atoms with E-state index in [-0.39, 0.29) is 16.7 Å². The van der Waals surface area contributed by atoms with Crippen molar-refractivity contribution in [1.82, 2.24) is 14.9 Å². The molecule has 0 unspecified atom stereocenters. The number of hydrogen-bond acceptors (Lipinski definition) is 11. The van der Waals surface area contributed by atoms with E-state index in [0.717, 1.165) is 6.54 Å². The molecule has 0 bridgehead atoms. The number of likely N-dealkylation sites (N-methyl/N-ethyl adjacent to an activating group) is 1. The highest BCUT2D eigenvalue weighted by atomic mass is 35.5.